The molecule has 7 heteroatoms. The molecule has 2 aromatic rings. The summed E-state index contributed by atoms with van der Waals surface area (Å²) in [6.07, 6.45) is 7.44. The topological polar surface area (TPSA) is 47.5 Å². The molecule has 26 heavy (non-hydrogen) atoms. The molecule has 140 valence electrons. The quantitative estimate of drug-likeness (QED) is 0.771. The van der Waals surface area contributed by atoms with Crippen LogP contribution in [0.2, 0.25) is 0 Å². The maximum Gasteiger partial charge on any atom is 0.250 e. The van der Waals surface area contributed by atoms with E-state index >= 15 is 0 Å². The standard InChI is InChI=1S/C19H24FN3O2S/c20-16-2-1-7-22-18(16)24-11-3-15-4-12-25-19(15)5-9-23(10-6-19)14-17-21-8-13-26-17/h1-2,7-8,13,15H,3-6,9-12,14H2/t15-/m0/s1. The first-order chi connectivity index (χ1) is 12.8. The Morgan fingerprint density at radius 2 is 2.19 bits per heavy atom. The maximum atomic E-state index is 13.6. The maximum absolute atomic E-state index is 13.6. The summed E-state index contributed by atoms with van der Waals surface area (Å²) in [6.45, 7) is 4.29. The molecule has 2 aromatic heterocycles. The number of halogens is 1. The fourth-order valence-electron chi connectivity index (χ4n) is 4.13. The number of pyridine rings is 1. The molecule has 0 radical (unpaired) electrons. The fourth-order valence-corrected chi connectivity index (χ4v) is 4.79. The minimum absolute atomic E-state index is 0.0363. The van der Waals surface area contributed by atoms with Crippen LogP contribution in [0.4, 0.5) is 4.39 Å². The van der Waals surface area contributed by atoms with Gasteiger partial charge in [0.15, 0.2) is 5.82 Å². The predicted molar refractivity (Wildman–Crippen MR) is 97.7 cm³/mol. The summed E-state index contributed by atoms with van der Waals surface area (Å²) in [5.41, 5.74) is -0.0363. The zero-order chi connectivity index (χ0) is 17.8. The van der Waals surface area contributed by atoms with Crippen LogP contribution in [-0.4, -0.2) is 46.8 Å². The highest BCUT2D eigenvalue weighted by Gasteiger charge is 2.45. The predicted octanol–water partition coefficient (Wildman–Crippen LogP) is 3.52. The molecule has 0 amide bonds. The minimum atomic E-state index is -0.402. The Morgan fingerprint density at radius 3 is 2.96 bits per heavy atom. The molecule has 2 aliphatic heterocycles. The van der Waals surface area contributed by atoms with Crippen LogP contribution in [-0.2, 0) is 11.3 Å². The fraction of sp³-hybridized carbons (Fsp3) is 0.579. The second kappa shape index (κ2) is 7.98. The van der Waals surface area contributed by atoms with E-state index in [4.69, 9.17) is 9.47 Å². The normalized spacial score (nSPS) is 22.7. The van der Waals surface area contributed by atoms with Gasteiger partial charge in [-0.1, -0.05) is 0 Å². The molecule has 4 heterocycles. The van der Waals surface area contributed by atoms with Gasteiger partial charge in [0, 0.05) is 37.5 Å². The van der Waals surface area contributed by atoms with Gasteiger partial charge in [-0.2, -0.15) is 0 Å². The van der Waals surface area contributed by atoms with Crippen molar-refractivity contribution < 1.29 is 13.9 Å². The molecule has 0 saturated carbocycles. The van der Waals surface area contributed by atoms with Crippen LogP contribution >= 0.6 is 11.3 Å². The summed E-state index contributed by atoms with van der Waals surface area (Å²) in [7, 11) is 0. The van der Waals surface area contributed by atoms with Gasteiger partial charge in [-0.3, -0.25) is 4.90 Å². The minimum Gasteiger partial charge on any atom is -0.476 e. The largest absolute Gasteiger partial charge is 0.476 e. The highest BCUT2D eigenvalue weighted by Crippen LogP contribution is 2.42. The Kier molecular flexibility index (Phi) is 5.47. The molecule has 1 spiro atoms. The van der Waals surface area contributed by atoms with Crippen molar-refractivity contribution in [1.82, 2.24) is 14.9 Å². The van der Waals surface area contributed by atoms with Gasteiger partial charge in [0.05, 0.1) is 18.8 Å². The zero-order valence-electron chi connectivity index (χ0n) is 14.8. The third kappa shape index (κ3) is 3.89. The monoisotopic (exact) mass is 377 g/mol. The zero-order valence-corrected chi connectivity index (χ0v) is 15.6. The van der Waals surface area contributed by atoms with E-state index < -0.39 is 5.82 Å². The van der Waals surface area contributed by atoms with Crippen molar-refractivity contribution in [2.24, 2.45) is 5.92 Å². The van der Waals surface area contributed by atoms with Crippen molar-refractivity contribution >= 4 is 11.3 Å². The summed E-state index contributed by atoms with van der Waals surface area (Å²) in [4.78, 5) is 10.8. The van der Waals surface area contributed by atoms with Crippen LogP contribution in [0.15, 0.2) is 29.9 Å². The molecule has 0 bridgehead atoms. The Morgan fingerprint density at radius 1 is 1.31 bits per heavy atom. The lowest BCUT2D eigenvalue weighted by molar-refractivity contribution is -0.0709. The Balaban J connectivity index is 1.28. The lowest BCUT2D eigenvalue weighted by Crippen LogP contribution is -2.47. The number of piperidine rings is 1. The van der Waals surface area contributed by atoms with Gasteiger partial charge in [-0.15, -0.1) is 11.3 Å². The number of hydrogen-bond donors (Lipinski definition) is 0. The number of rotatable bonds is 6. The molecule has 0 N–H and O–H groups in total. The molecule has 2 saturated heterocycles. The van der Waals surface area contributed by atoms with Gasteiger partial charge in [-0.05, 0) is 43.7 Å². The number of aromatic nitrogens is 2. The molecule has 0 aromatic carbocycles. The van der Waals surface area contributed by atoms with Gasteiger partial charge >= 0.3 is 0 Å². The molecular weight excluding hydrogens is 353 g/mol. The van der Waals surface area contributed by atoms with Crippen LogP contribution in [0, 0.1) is 11.7 Å². The number of likely N-dealkylation sites (tertiary alicyclic amines) is 1. The SMILES string of the molecule is Fc1cccnc1OCC[C@H]1CCOC12CCN(Cc1nccs1)CC2. The summed E-state index contributed by atoms with van der Waals surface area (Å²) >= 11 is 1.71. The average molecular weight is 377 g/mol. The lowest BCUT2D eigenvalue weighted by Gasteiger charge is -2.42. The molecule has 4 rings (SSSR count). The molecule has 2 fully saturated rings. The van der Waals surface area contributed by atoms with E-state index in [2.05, 4.69) is 14.9 Å². The van der Waals surface area contributed by atoms with Gasteiger partial charge in [0.2, 0.25) is 5.88 Å². The van der Waals surface area contributed by atoms with Crippen molar-refractivity contribution in [2.45, 2.75) is 37.8 Å². The Bertz CT molecular complexity index is 705. The van der Waals surface area contributed by atoms with E-state index in [0.29, 0.717) is 12.5 Å². The average Bonchev–Trinajstić information content (AvgIpc) is 3.29. The first-order valence-corrected chi connectivity index (χ1v) is 10.1. The Hall–Kier alpha value is -1.57. The van der Waals surface area contributed by atoms with Crippen molar-refractivity contribution in [1.29, 1.82) is 0 Å². The van der Waals surface area contributed by atoms with Crippen molar-refractivity contribution in [3.05, 3.63) is 40.7 Å². The number of nitrogens with zero attached hydrogens (tertiary/aromatic N) is 3. The first-order valence-electron chi connectivity index (χ1n) is 9.23. The first kappa shape index (κ1) is 17.8. The smallest absolute Gasteiger partial charge is 0.250 e. The van der Waals surface area contributed by atoms with Crippen LogP contribution in [0.1, 0.15) is 30.7 Å². The highest BCUT2D eigenvalue weighted by atomic mass is 32.1. The van der Waals surface area contributed by atoms with Crippen molar-refractivity contribution in [3.63, 3.8) is 0 Å². The molecule has 5 nitrogen and oxygen atoms in total. The van der Waals surface area contributed by atoms with Gasteiger partial charge < -0.3 is 9.47 Å². The van der Waals surface area contributed by atoms with E-state index in [1.807, 2.05) is 11.6 Å². The second-order valence-corrected chi connectivity index (χ2v) is 8.01. The third-order valence-corrected chi connectivity index (χ3v) is 6.34. The van der Waals surface area contributed by atoms with E-state index in [1.54, 1.807) is 23.6 Å². The van der Waals surface area contributed by atoms with E-state index in [9.17, 15) is 4.39 Å². The number of thiazole rings is 1. The lowest BCUT2D eigenvalue weighted by atomic mass is 9.78. The highest BCUT2D eigenvalue weighted by molar-refractivity contribution is 7.09. The number of ether oxygens (including phenoxy) is 2. The van der Waals surface area contributed by atoms with E-state index in [1.165, 1.54) is 11.1 Å². The van der Waals surface area contributed by atoms with Gasteiger partial charge in [0.25, 0.3) is 0 Å². The van der Waals surface area contributed by atoms with Crippen molar-refractivity contribution in [3.8, 4) is 5.88 Å². The second-order valence-electron chi connectivity index (χ2n) is 7.03. The summed E-state index contributed by atoms with van der Waals surface area (Å²) in [5.74, 6) is 0.162. The van der Waals surface area contributed by atoms with Gasteiger partial charge in [0.1, 0.15) is 5.01 Å². The van der Waals surface area contributed by atoms with Crippen LogP contribution in [0.5, 0.6) is 5.88 Å². The van der Waals surface area contributed by atoms with Crippen LogP contribution < -0.4 is 4.74 Å². The van der Waals surface area contributed by atoms with E-state index in [0.717, 1.165) is 51.9 Å². The summed E-state index contributed by atoms with van der Waals surface area (Å²) < 4.78 is 25.4. The molecular formula is C19H24FN3O2S. The summed E-state index contributed by atoms with van der Waals surface area (Å²) in [5, 5.41) is 3.21. The van der Waals surface area contributed by atoms with Crippen molar-refractivity contribution in [2.75, 3.05) is 26.3 Å². The van der Waals surface area contributed by atoms with Crippen LogP contribution in [0.3, 0.4) is 0 Å². The van der Waals surface area contributed by atoms with Gasteiger partial charge in [-0.25, -0.2) is 14.4 Å². The molecule has 0 aliphatic carbocycles. The molecule has 1 atom stereocenters. The van der Waals surface area contributed by atoms with E-state index in [-0.39, 0.29) is 11.5 Å². The molecule has 2 aliphatic rings. The number of hydrogen-bond acceptors (Lipinski definition) is 6. The summed E-state index contributed by atoms with van der Waals surface area (Å²) in [6, 6.07) is 2.95. The molecule has 0 unspecified atom stereocenters. The Labute approximate surface area is 157 Å². The third-order valence-electron chi connectivity index (χ3n) is 5.57. The van der Waals surface area contributed by atoms with Crippen LogP contribution in [0.25, 0.3) is 0 Å².